The summed E-state index contributed by atoms with van der Waals surface area (Å²) in [7, 11) is 0. The largest absolute Gasteiger partial charge is 0.288 e. The fraction of sp³-hybridized carbons (Fsp3) is 0.0357. The van der Waals surface area contributed by atoms with Crippen LogP contribution in [0.3, 0.4) is 0 Å². The molecule has 0 amide bonds. The molecule has 0 fully saturated rings. The summed E-state index contributed by atoms with van der Waals surface area (Å²) in [4.78, 5) is 18.3. The highest BCUT2D eigenvalue weighted by Crippen LogP contribution is 2.31. The van der Waals surface area contributed by atoms with Gasteiger partial charge < -0.3 is 0 Å². The SMILES string of the molecule is Cc1nc(-n2nc(-c3ccccc3)cc2-c2ccccc2)sc1C(=O)/C=C/c1ccccc1. The Balaban J connectivity index is 1.55. The van der Waals surface area contributed by atoms with Crippen molar-refractivity contribution in [1.29, 1.82) is 0 Å². The van der Waals surface area contributed by atoms with Crippen molar-refractivity contribution in [1.82, 2.24) is 14.8 Å². The first-order chi connectivity index (χ1) is 16.2. The lowest BCUT2D eigenvalue weighted by Gasteiger charge is -2.03. The van der Waals surface area contributed by atoms with Gasteiger partial charge in [0, 0.05) is 11.1 Å². The zero-order valence-electron chi connectivity index (χ0n) is 18.1. The van der Waals surface area contributed by atoms with Crippen molar-refractivity contribution in [2.75, 3.05) is 0 Å². The number of rotatable bonds is 6. The van der Waals surface area contributed by atoms with E-state index in [1.807, 2.05) is 96.5 Å². The number of allylic oxidation sites excluding steroid dienone is 1. The highest BCUT2D eigenvalue weighted by Gasteiger charge is 2.19. The predicted molar refractivity (Wildman–Crippen MR) is 135 cm³/mol. The molecule has 0 aliphatic heterocycles. The molecule has 5 aromatic rings. The molecule has 0 N–H and O–H groups in total. The van der Waals surface area contributed by atoms with E-state index < -0.39 is 0 Å². The number of carbonyl (C=O) groups is 1. The molecule has 0 aliphatic rings. The van der Waals surface area contributed by atoms with Gasteiger partial charge in [-0.3, -0.25) is 4.79 Å². The average Bonchev–Trinajstić information content (AvgIpc) is 3.48. The topological polar surface area (TPSA) is 47.8 Å². The summed E-state index contributed by atoms with van der Waals surface area (Å²) in [5, 5.41) is 5.54. The van der Waals surface area contributed by atoms with E-state index in [9.17, 15) is 4.79 Å². The Morgan fingerprint density at radius 3 is 2.12 bits per heavy atom. The van der Waals surface area contributed by atoms with E-state index in [0.717, 1.165) is 28.1 Å². The van der Waals surface area contributed by atoms with Crippen LogP contribution < -0.4 is 0 Å². The summed E-state index contributed by atoms with van der Waals surface area (Å²) in [6.45, 7) is 1.87. The maximum Gasteiger partial charge on any atom is 0.211 e. The predicted octanol–water partition coefficient (Wildman–Crippen LogP) is 6.87. The van der Waals surface area contributed by atoms with E-state index in [0.29, 0.717) is 15.7 Å². The minimum Gasteiger partial charge on any atom is -0.288 e. The van der Waals surface area contributed by atoms with E-state index >= 15 is 0 Å². The highest BCUT2D eigenvalue weighted by molar-refractivity contribution is 7.16. The molecule has 160 valence electrons. The lowest BCUT2D eigenvalue weighted by Crippen LogP contribution is -1.98. The third-order valence-electron chi connectivity index (χ3n) is 5.27. The summed E-state index contributed by atoms with van der Waals surface area (Å²) in [6.07, 6.45) is 3.44. The Bertz CT molecular complexity index is 1420. The molecule has 0 saturated heterocycles. The van der Waals surface area contributed by atoms with E-state index in [1.165, 1.54) is 11.3 Å². The maximum atomic E-state index is 12.9. The van der Waals surface area contributed by atoms with E-state index in [1.54, 1.807) is 6.08 Å². The van der Waals surface area contributed by atoms with Gasteiger partial charge in [-0.25, -0.2) is 9.67 Å². The fourth-order valence-corrected chi connectivity index (χ4v) is 4.56. The summed E-state index contributed by atoms with van der Waals surface area (Å²) in [5.74, 6) is -0.0585. The number of carbonyl (C=O) groups excluding carboxylic acids is 1. The van der Waals surface area contributed by atoms with Crippen LogP contribution in [0.15, 0.2) is 103 Å². The van der Waals surface area contributed by atoms with E-state index in [-0.39, 0.29) is 5.78 Å². The molecule has 0 radical (unpaired) electrons. The molecule has 0 spiro atoms. The van der Waals surface area contributed by atoms with Crippen molar-refractivity contribution in [3.8, 4) is 27.6 Å². The third-order valence-corrected chi connectivity index (χ3v) is 6.41. The molecule has 33 heavy (non-hydrogen) atoms. The van der Waals surface area contributed by atoms with Crippen molar-refractivity contribution < 1.29 is 4.79 Å². The van der Waals surface area contributed by atoms with Crippen LogP contribution in [0.25, 0.3) is 33.7 Å². The number of ketones is 1. The molecule has 0 bridgehead atoms. The van der Waals surface area contributed by atoms with Crippen molar-refractivity contribution in [2.24, 2.45) is 0 Å². The number of benzene rings is 3. The van der Waals surface area contributed by atoms with Crippen LogP contribution in [0.2, 0.25) is 0 Å². The molecule has 2 heterocycles. The van der Waals surface area contributed by atoms with Crippen molar-refractivity contribution >= 4 is 23.2 Å². The van der Waals surface area contributed by atoms with Gasteiger partial charge in [0.25, 0.3) is 0 Å². The van der Waals surface area contributed by atoms with E-state index in [4.69, 9.17) is 10.1 Å². The van der Waals surface area contributed by atoms with Gasteiger partial charge in [-0.2, -0.15) is 5.10 Å². The molecule has 2 aromatic heterocycles. The molecule has 5 rings (SSSR count). The number of aromatic nitrogens is 3. The fourth-order valence-electron chi connectivity index (χ4n) is 3.60. The first-order valence-electron chi connectivity index (χ1n) is 10.7. The maximum absolute atomic E-state index is 12.9. The van der Waals surface area contributed by atoms with Crippen LogP contribution in [0.5, 0.6) is 0 Å². The van der Waals surface area contributed by atoms with Gasteiger partial charge >= 0.3 is 0 Å². The zero-order valence-corrected chi connectivity index (χ0v) is 18.9. The van der Waals surface area contributed by atoms with Crippen LogP contribution in [0, 0.1) is 6.92 Å². The van der Waals surface area contributed by atoms with Gasteiger partial charge in [0.15, 0.2) is 5.78 Å². The lowest BCUT2D eigenvalue weighted by molar-refractivity contribution is 0.105. The Kier molecular flexibility index (Phi) is 5.79. The van der Waals surface area contributed by atoms with Crippen LogP contribution >= 0.6 is 11.3 Å². The van der Waals surface area contributed by atoms with Crippen LogP contribution in [-0.4, -0.2) is 20.5 Å². The van der Waals surface area contributed by atoms with Gasteiger partial charge in [-0.05, 0) is 24.6 Å². The summed E-state index contributed by atoms with van der Waals surface area (Å²) in [6, 6.07) is 32.0. The monoisotopic (exact) mass is 447 g/mol. The smallest absolute Gasteiger partial charge is 0.211 e. The second-order valence-corrected chi connectivity index (χ2v) is 8.56. The molecule has 5 heteroatoms. The number of hydrogen-bond acceptors (Lipinski definition) is 4. The molecule has 0 atom stereocenters. The second kappa shape index (κ2) is 9.18. The number of nitrogens with zero attached hydrogens (tertiary/aromatic N) is 3. The average molecular weight is 448 g/mol. The second-order valence-electron chi connectivity index (χ2n) is 7.58. The van der Waals surface area contributed by atoms with Crippen molar-refractivity contribution in [3.63, 3.8) is 0 Å². The van der Waals surface area contributed by atoms with Gasteiger partial charge in [0.05, 0.1) is 22.0 Å². The number of thiazole rings is 1. The Labute approximate surface area is 196 Å². The molecule has 0 saturated carbocycles. The number of hydrogen-bond donors (Lipinski definition) is 0. The lowest BCUT2D eigenvalue weighted by atomic mass is 10.1. The van der Waals surface area contributed by atoms with Crippen molar-refractivity contribution in [3.05, 3.63) is 119 Å². The first-order valence-corrected chi connectivity index (χ1v) is 11.5. The third kappa shape index (κ3) is 4.45. The zero-order chi connectivity index (χ0) is 22.6. The van der Waals surface area contributed by atoms with Gasteiger partial charge in [0.1, 0.15) is 0 Å². The minimum atomic E-state index is -0.0585. The summed E-state index contributed by atoms with van der Waals surface area (Å²) in [5.41, 5.74) is 5.55. The van der Waals surface area contributed by atoms with Crippen LogP contribution in [0.4, 0.5) is 0 Å². The van der Waals surface area contributed by atoms with Gasteiger partial charge in [-0.15, -0.1) is 0 Å². The first kappa shape index (κ1) is 20.8. The molecule has 0 aliphatic carbocycles. The Hall–Kier alpha value is -4.09. The summed E-state index contributed by atoms with van der Waals surface area (Å²) >= 11 is 1.36. The van der Waals surface area contributed by atoms with Crippen LogP contribution in [-0.2, 0) is 0 Å². The Morgan fingerprint density at radius 1 is 0.848 bits per heavy atom. The summed E-state index contributed by atoms with van der Waals surface area (Å²) < 4.78 is 1.84. The van der Waals surface area contributed by atoms with E-state index in [2.05, 4.69) is 18.2 Å². The quantitative estimate of drug-likeness (QED) is 0.211. The molecule has 4 nitrogen and oxygen atoms in total. The Morgan fingerprint density at radius 2 is 1.45 bits per heavy atom. The standard InChI is InChI=1S/C28H21N3OS/c1-20-27(26(32)18-17-21-11-5-2-6-12-21)33-28(29-20)31-25(23-15-9-4-10-16-23)19-24(30-31)22-13-7-3-8-14-22/h2-19H,1H3/b18-17+. The van der Waals surface area contributed by atoms with Crippen LogP contribution in [0.1, 0.15) is 20.9 Å². The molecular formula is C28H21N3OS. The minimum absolute atomic E-state index is 0.0585. The van der Waals surface area contributed by atoms with Gasteiger partial charge in [0.2, 0.25) is 5.13 Å². The normalized spacial score (nSPS) is 11.2. The molecule has 0 unspecified atom stereocenters. The highest BCUT2D eigenvalue weighted by atomic mass is 32.1. The number of aryl methyl sites for hydroxylation is 1. The molecule has 3 aromatic carbocycles. The molecular weight excluding hydrogens is 426 g/mol. The van der Waals surface area contributed by atoms with Crippen molar-refractivity contribution in [2.45, 2.75) is 6.92 Å². The van der Waals surface area contributed by atoms with Gasteiger partial charge in [-0.1, -0.05) is 108 Å².